The van der Waals surface area contributed by atoms with E-state index < -0.39 is 23.8 Å². The molecule has 1 amide bonds. The van der Waals surface area contributed by atoms with Gasteiger partial charge in [0.1, 0.15) is 23.8 Å². The molecule has 0 aliphatic carbocycles. The maximum Gasteiger partial charge on any atom is 0.409 e. The average molecular weight is 482 g/mol. The minimum absolute atomic E-state index is 0.0752. The lowest BCUT2D eigenvalue weighted by atomic mass is 10.2. The van der Waals surface area contributed by atoms with E-state index in [1.807, 2.05) is 30.3 Å². The maximum atomic E-state index is 14.1. The summed E-state index contributed by atoms with van der Waals surface area (Å²) in [6.45, 7) is 2.34. The van der Waals surface area contributed by atoms with E-state index in [-0.39, 0.29) is 29.7 Å². The number of rotatable bonds is 7. The Balaban J connectivity index is 1.71. The Morgan fingerprint density at radius 2 is 1.97 bits per heavy atom. The van der Waals surface area contributed by atoms with Crippen LogP contribution in [0.2, 0.25) is 0 Å². The van der Waals surface area contributed by atoms with E-state index in [1.54, 1.807) is 18.5 Å². The number of hydrogen-bond acceptors (Lipinski definition) is 4. The standard InChI is InChI=1S/C21H22BrF2N3O3/c1-13-25-19-17(24)9-16(23)18(22)20(19)27(13)11-15(29-3)10-26(2)21(28)30-12-14-7-5-4-6-8-14/h4-9,15H,10-12H2,1-3H3. The number of imidazole rings is 1. The lowest BCUT2D eigenvalue weighted by Crippen LogP contribution is -2.37. The van der Waals surface area contributed by atoms with E-state index in [1.165, 1.54) is 12.0 Å². The van der Waals surface area contributed by atoms with E-state index in [9.17, 15) is 13.6 Å². The van der Waals surface area contributed by atoms with Crippen molar-refractivity contribution in [3.63, 3.8) is 0 Å². The highest BCUT2D eigenvalue weighted by Crippen LogP contribution is 2.30. The molecule has 2 aromatic carbocycles. The Hall–Kier alpha value is -2.52. The summed E-state index contributed by atoms with van der Waals surface area (Å²) < 4.78 is 40.8. The molecule has 0 saturated heterocycles. The number of benzene rings is 2. The normalized spacial score (nSPS) is 12.2. The van der Waals surface area contributed by atoms with Crippen molar-refractivity contribution in [1.82, 2.24) is 14.5 Å². The van der Waals surface area contributed by atoms with Crippen molar-refractivity contribution in [3.05, 3.63) is 63.9 Å². The van der Waals surface area contributed by atoms with Crippen LogP contribution < -0.4 is 0 Å². The number of ether oxygens (including phenoxy) is 2. The lowest BCUT2D eigenvalue weighted by molar-refractivity contribution is 0.0470. The minimum atomic E-state index is -0.733. The number of nitrogens with zero attached hydrogens (tertiary/aromatic N) is 3. The quantitative estimate of drug-likeness (QED) is 0.460. The van der Waals surface area contributed by atoms with Crippen molar-refractivity contribution in [2.24, 2.45) is 0 Å². The van der Waals surface area contributed by atoms with Gasteiger partial charge in [-0.3, -0.25) is 0 Å². The molecule has 3 aromatic rings. The summed E-state index contributed by atoms with van der Waals surface area (Å²) >= 11 is 3.18. The fourth-order valence-corrected chi connectivity index (χ4v) is 3.67. The minimum Gasteiger partial charge on any atom is -0.445 e. The molecular formula is C21H22BrF2N3O3. The van der Waals surface area contributed by atoms with Crippen LogP contribution in [0.4, 0.5) is 13.6 Å². The first-order chi connectivity index (χ1) is 14.3. The van der Waals surface area contributed by atoms with Gasteiger partial charge in [0, 0.05) is 20.2 Å². The van der Waals surface area contributed by atoms with Crippen LogP contribution in [0, 0.1) is 18.6 Å². The number of aromatic nitrogens is 2. The first-order valence-corrected chi connectivity index (χ1v) is 10.1. The molecule has 160 valence electrons. The topological polar surface area (TPSA) is 56.6 Å². The fraction of sp³-hybridized carbons (Fsp3) is 0.333. The van der Waals surface area contributed by atoms with Gasteiger partial charge in [-0.15, -0.1) is 0 Å². The van der Waals surface area contributed by atoms with Crippen LogP contribution >= 0.6 is 15.9 Å². The van der Waals surface area contributed by atoms with Crippen molar-refractivity contribution in [1.29, 1.82) is 0 Å². The highest BCUT2D eigenvalue weighted by Gasteiger charge is 2.22. The highest BCUT2D eigenvalue weighted by atomic mass is 79.9. The molecule has 0 radical (unpaired) electrons. The van der Waals surface area contributed by atoms with Crippen LogP contribution in [-0.4, -0.2) is 47.4 Å². The predicted octanol–water partition coefficient (Wildman–Crippen LogP) is 4.67. The zero-order valence-electron chi connectivity index (χ0n) is 16.9. The number of amides is 1. The summed E-state index contributed by atoms with van der Waals surface area (Å²) in [7, 11) is 3.12. The molecule has 9 heteroatoms. The third kappa shape index (κ3) is 4.79. The van der Waals surface area contributed by atoms with Gasteiger partial charge in [0.15, 0.2) is 5.82 Å². The van der Waals surface area contributed by atoms with Gasteiger partial charge in [-0.1, -0.05) is 30.3 Å². The maximum absolute atomic E-state index is 14.1. The van der Waals surface area contributed by atoms with Gasteiger partial charge in [0.05, 0.1) is 29.2 Å². The van der Waals surface area contributed by atoms with E-state index in [2.05, 4.69) is 20.9 Å². The monoisotopic (exact) mass is 481 g/mol. The van der Waals surface area contributed by atoms with Gasteiger partial charge < -0.3 is 18.9 Å². The third-order valence-corrected chi connectivity index (χ3v) is 5.52. The van der Waals surface area contributed by atoms with Crippen molar-refractivity contribution in [2.45, 2.75) is 26.2 Å². The molecule has 0 fully saturated rings. The predicted molar refractivity (Wildman–Crippen MR) is 112 cm³/mol. The molecule has 0 saturated carbocycles. The van der Waals surface area contributed by atoms with Crippen LogP contribution in [0.5, 0.6) is 0 Å². The molecule has 0 aliphatic rings. The molecule has 0 aliphatic heterocycles. The number of halogens is 3. The van der Waals surface area contributed by atoms with Crippen molar-refractivity contribution >= 4 is 33.1 Å². The van der Waals surface area contributed by atoms with Gasteiger partial charge in [-0.2, -0.15) is 0 Å². The third-order valence-electron chi connectivity index (χ3n) is 4.77. The summed E-state index contributed by atoms with van der Waals surface area (Å²) in [5, 5.41) is 0. The van der Waals surface area contributed by atoms with E-state index in [0.29, 0.717) is 11.3 Å². The molecule has 30 heavy (non-hydrogen) atoms. The fourth-order valence-electron chi connectivity index (χ4n) is 3.15. The average Bonchev–Trinajstić information content (AvgIpc) is 3.07. The van der Waals surface area contributed by atoms with E-state index >= 15 is 0 Å². The number of carbonyl (C=O) groups excluding carboxylic acids is 1. The van der Waals surface area contributed by atoms with Crippen LogP contribution in [-0.2, 0) is 22.6 Å². The summed E-state index contributed by atoms with van der Waals surface area (Å²) in [5.41, 5.74) is 1.27. The second kappa shape index (κ2) is 9.53. The van der Waals surface area contributed by atoms with Gasteiger partial charge in [-0.05, 0) is 28.4 Å². The Morgan fingerprint density at radius 3 is 2.63 bits per heavy atom. The lowest BCUT2D eigenvalue weighted by Gasteiger charge is -2.24. The summed E-state index contributed by atoms with van der Waals surface area (Å²) in [6, 6.07) is 10.2. The van der Waals surface area contributed by atoms with Crippen LogP contribution in [0.3, 0.4) is 0 Å². The zero-order chi connectivity index (χ0) is 21.8. The Morgan fingerprint density at radius 1 is 1.27 bits per heavy atom. The number of likely N-dealkylation sites (N-methyl/N-ethyl adjacent to an activating group) is 1. The molecule has 3 rings (SSSR count). The smallest absolute Gasteiger partial charge is 0.409 e. The molecule has 0 N–H and O–H groups in total. The van der Waals surface area contributed by atoms with Crippen LogP contribution in [0.25, 0.3) is 11.0 Å². The summed E-state index contributed by atoms with van der Waals surface area (Å²) in [4.78, 5) is 17.9. The first-order valence-electron chi connectivity index (χ1n) is 9.26. The van der Waals surface area contributed by atoms with Gasteiger partial charge >= 0.3 is 6.09 Å². The molecule has 0 bridgehead atoms. The van der Waals surface area contributed by atoms with E-state index in [0.717, 1.165) is 11.6 Å². The molecule has 1 atom stereocenters. The number of fused-ring (bicyclic) bond motifs is 1. The second-order valence-corrected chi connectivity index (χ2v) is 7.69. The van der Waals surface area contributed by atoms with Gasteiger partial charge in [0.25, 0.3) is 0 Å². The van der Waals surface area contributed by atoms with E-state index in [4.69, 9.17) is 9.47 Å². The largest absolute Gasteiger partial charge is 0.445 e. The van der Waals surface area contributed by atoms with Crippen LogP contribution in [0.15, 0.2) is 40.9 Å². The number of hydrogen-bond donors (Lipinski definition) is 0. The van der Waals surface area contributed by atoms with Crippen molar-refractivity contribution < 1.29 is 23.0 Å². The zero-order valence-corrected chi connectivity index (χ0v) is 18.4. The van der Waals surface area contributed by atoms with Crippen molar-refractivity contribution in [2.75, 3.05) is 20.7 Å². The molecule has 1 heterocycles. The molecular weight excluding hydrogens is 460 g/mol. The van der Waals surface area contributed by atoms with Gasteiger partial charge in [-0.25, -0.2) is 18.6 Å². The summed E-state index contributed by atoms with van der Waals surface area (Å²) in [5.74, 6) is -0.939. The Kier molecular flexibility index (Phi) is 7.04. The van der Waals surface area contributed by atoms with Crippen LogP contribution in [0.1, 0.15) is 11.4 Å². The molecule has 1 unspecified atom stereocenters. The number of aryl methyl sites for hydroxylation is 1. The molecule has 0 spiro atoms. The SMILES string of the molecule is COC(CN(C)C(=O)OCc1ccccc1)Cn1c(C)nc2c(F)cc(F)c(Br)c21. The number of methoxy groups -OCH3 is 1. The Labute approximate surface area is 181 Å². The Bertz CT molecular complexity index is 1040. The van der Waals surface area contributed by atoms with Gasteiger partial charge in [0.2, 0.25) is 0 Å². The molecule has 6 nitrogen and oxygen atoms in total. The number of carbonyl (C=O) groups is 1. The second-order valence-electron chi connectivity index (χ2n) is 6.90. The molecule has 1 aromatic heterocycles. The summed E-state index contributed by atoms with van der Waals surface area (Å²) in [6.07, 6.45) is -0.944. The first kappa shape index (κ1) is 22.2. The highest BCUT2D eigenvalue weighted by molar-refractivity contribution is 9.10. The van der Waals surface area contributed by atoms with Crippen molar-refractivity contribution in [3.8, 4) is 0 Å².